The maximum atomic E-state index is 13.2. The number of benzene rings is 2. The van der Waals surface area contributed by atoms with Crippen molar-refractivity contribution in [2.24, 2.45) is 5.73 Å². The van der Waals surface area contributed by atoms with E-state index in [9.17, 15) is 26.4 Å². The van der Waals surface area contributed by atoms with Gasteiger partial charge in [-0.3, -0.25) is 4.79 Å². The van der Waals surface area contributed by atoms with Crippen LogP contribution in [0, 0.1) is 0 Å². The first kappa shape index (κ1) is 10.5. The molecule has 1 atom stereocenters. The van der Waals surface area contributed by atoms with Crippen LogP contribution in [-0.2, 0) is 35.8 Å². The molecule has 0 radical (unpaired) electrons. The molecule has 0 unspecified atom stereocenters. The Morgan fingerprint density at radius 2 is 1.75 bits per heavy atom. The highest BCUT2D eigenvalue weighted by Crippen LogP contribution is 2.35. The molecule has 0 spiro atoms. The minimum absolute atomic E-state index is 0.749. The molecule has 0 bridgehead atoms. The van der Waals surface area contributed by atoms with Gasteiger partial charge in [-0.25, -0.2) is 0 Å². The molecular formula is C18H14F3NO5S. The molecule has 0 aromatic heterocycles. The van der Waals surface area contributed by atoms with E-state index in [1.54, 1.807) is 0 Å². The van der Waals surface area contributed by atoms with Crippen LogP contribution in [-0.4, -0.2) is 14.2 Å². The molecule has 0 aliphatic carbocycles. The molecule has 2 N–H and O–H groups in total. The first-order chi connectivity index (χ1) is 17.2. The topological polar surface area (TPSA) is 95.7 Å². The number of halogens is 3. The van der Waals surface area contributed by atoms with E-state index < -0.39 is 117 Å². The Bertz CT molecular complexity index is 1490. The molecule has 0 amide bonds. The fourth-order valence-electron chi connectivity index (χ4n) is 1.91. The van der Waals surface area contributed by atoms with E-state index in [0.717, 1.165) is 0 Å². The smallest absolute Gasteiger partial charge is 0.416 e. The van der Waals surface area contributed by atoms with Crippen LogP contribution in [0.4, 0.5) is 13.2 Å². The average Bonchev–Trinajstić information content (AvgIpc) is 3.00. The van der Waals surface area contributed by atoms with Gasteiger partial charge in [0.2, 0.25) is 17.4 Å². The van der Waals surface area contributed by atoms with Gasteiger partial charge in [-0.05, 0) is 17.6 Å². The molecule has 148 valence electrons. The highest BCUT2D eigenvalue weighted by molar-refractivity contribution is 7.86. The maximum Gasteiger partial charge on any atom is 0.416 e. The number of nitrogens with two attached hydrogens (primary N) is 1. The Morgan fingerprint density at radius 3 is 2.32 bits per heavy atom. The third kappa shape index (κ3) is 4.28. The van der Waals surface area contributed by atoms with E-state index >= 15 is 0 Å². The van der Waals surface area contributed by atoms with Crippen molar-refractivity contribution in [1.82, 2.24) is 0 Å². The summed E-state index contributed by atoms with van der Waals surface area (Å²) in [4.78, 5) is 13.0. The molecule has 3 rings (SSSR count). The second-order valence-corrected chi connectivity index (χ2v) is 6.66. The van der Waals surface area contributed by atoms with Crippen LogP contribution in [0.25, 0.3) is 0 Å². The van der Waals surface area contributed by atoms with E-state index in [1.807, 2.05) is 0 Å². The van der Waals surface area contributed by atoms with Crippen molar-refractivity contribution in [3.63, 3.8) is 0 Å². The van der Waals surface area contributed by atoms with Gasteiger partial charge in [0.1, 0.15) is 5.75 Å². The van der Waals surface area contributed by atoms with Crippen molar-refractivity contribution in [3.05, 3.63) is 82.7 Å². The van der Waals surface area contributed by atoms with Gasteiger partial charge in [-0.2, -0.15) is 21.6 Å². The number of hydrogen-bond acceptors (Lipinski definition) is 6. The van der Waals surface area contributed by atoms with Crippen molar-refractivity contribution in [2.75, 3.05) is 0 Å². The molecular weight excluding hydrogens is 399 g/mol. The molecule has 6 nitrogen and oxygen atoms in total. The van der Waals surface area contributed by atoms with Crippen LogP contribution in [0.3, 0.4) is 0 Å². The number of Topliss-reactive ketones (excluding diaryl/α,β-unsaturated/α-hetero) is 1. The van der Waals surface area contributed by atoms with Crippen molar-refractivity contribution in [2.45, 2.75) is 18.0 Å². The van der Waals surface area contributed by atoms with E-state index in [0.29, 0.717) is 0 Å². The summed E-state index contributed by atoms with van der Waals surface area (Å²) >= 11 is 0. The first-order valence-electron chi connectivity index (χ1n) is 12.1. The van der Waals surface area contributed by atoms with Gasteiger partial charge in [0.25, 0.3) is 0 Å². The normalized spacial score (nSPS) is 25.2. The number of ketones is 1. The molecule has 2 aromatic rings. The summed E-state index contributed by atoms with van der Waals surface area (Å²) in [6.07, 6.45) is -8.73. The maximum absolute atomic E-state index is 13.2. The molecule has 1 heterocycles. The van der Waals surface area contributed by atoms with Gasteiger partial charge >= 0.3 is 16.3 Å². The number of rotatable bonds is 5. The molecule has 1 aliphatic heterocycles. The van der Waals surface area contributed by atoms with Gasteiger partial charge in [0.15, 0.2) is 6.08 Å². The zero-order chi connectivity index (χ0) is 29.3. The number of alkyl halides is 3. The third-order valence-corrected chi connectivity index (χ3v) is 4.13. The summed E-state index contributed by atoms with van der Waals surface area (Å²) in [7, 11) is -5.08. The lowest BCUT2D eigenvalue weighted by molar-refractivity contribution is -0.137. The lowest BCUT2D eigenvalue weighted by Crippen LogP contribution is -2.16. The van der Waals surface area contributed by atoms with Crippen LogP contribution in [0.2, 0.25) is 0 Å². The van der Waals surface area contributed by atoms with Gasteiger partial charge in [0.05, 0.1) is 19.3 Å². The van der Waals surface area contributed by atoms with Crippen LogP contribution < -0.4 is 5.73 Å². The summed E-state index contributed by atoms with van der Waals surface area (Å²) in [5, 5.41) is 0. The standard InChI is InChI=1S/C18H14F3NO5S/c19-18(20,21)13-8-6-12(7-9-13)15-14(23)16(17(22)26-15)27-28(24,25)10-11-4-2-1-3-5-11/h1-9,15H,10,22H2/t15-/m0/s1/i1D,2D,3D,4D,5D,6D,7D,8D,9D,15D. The van der Waals surface area contributed by atoms with Gasteiger partial charge in [-0.1, -0.05) is 42.3 Å². The molecule has 0 fully saturated rings. The molecule has 28 heavy (non-hydrogen) atoms. The van der Waals surface area contributed by atoms with Crippen LogP contribution in [0.5, 0.6) is 0 Å². The molecule has 0 saturated carbocycles. The lowest BCUT2D eigenvalue weighted by atomic mass is 10.0. The highest BCUT2D eigenvalue weighted by Gasteiger charge is 2.40. The Labute approximate surface area is 172 Å². The zero-order valence-electron chi connectivity index (χ0n) is 23.4. The minimum atomic E-state index is -5.34. The Hall–Kier alpha value is -3.01. The summed E-state index contributed by atoms with van der Waals surface area (Å²) in [5.41, 5.74) is 1.42. The van der Waals surface area contributed by atoms with Gasteiger partial charge < -0.3 is 14.7 Å². The molecule has 10 heteroatoms. The fourth-order valence-corrected chi connectivity index (χ4v) is 2.88. The second-order valence-electron chi connectivity index (χ2n) is 5.09. The monoisotopic (exact) mass is 423 g/mol. The van der Waals surface area contributed by atoms with Crippen molar-refractivity contribution < 1.29 is 49.0 Å². The predicted octanol–water partition coefficient (Wildman–Crippen LogP) is 3.02. The van der Waals surface area contributed by atoms with E-state index in [1.165, 1.54) is 0 Å². The summed E-state index contributed by atoms with van der Waals surface area (Å²) < 4.78 is 152. The second kappa shape index (κ2) is 7.19. The summed E-state index contributed by atoms with van der Waals surface area (Å²) in [6.45, 7) is 0. The van der Waals surface area contributed by atoms with Gasteiger partial charge in [-0.15, -0.1) is 0 Å². The van der Waals surface area contributed by atoms with E-state index in [-0.39, 0.29) is 0 Å². The van der Waals surface area contributed by atoms with Crippen LogP contribution in [0.1, 0.15) is 36.5 Å². The summed E-state index contributed by atoms with van der Waals surface area (Å²) in [5.74, 6) is -5.84. The summed E-state index contributed by atoms with van der Waals surface area (Å²) in [6, 6.07) is -10.6. The minimum Gasteiger partial charge on any atom is -0.460 e. The number of carbonyl (C=O) groups is 1. The van der Waals surface area contributed by atoms with Crippen LogP contribution >= 0.6 is 0 Å². The average molecular weight is 423 g/mol. The van der Waals surface area contributed by atoms with Gasteiger partial charge in [0, 0.05) is 5.56 Å². The lowest BCUT2D eigenvalue weighted by Gasteiger charge is -2.12. The number of ether oxygens (including phenoxy) is 1. The Balaban J connectivity index is 2.05. The highest BCUT2D eigenvalue weighted by atomic mass is 32.2. The quantitative estimate of drug-likeness (QED) is 0.743. The van der Waals surface area contributed by atoms with E-state index in [2.05, 4.69) is 4.18 Å². The van der Waals surface area contributed by atoms with Crippen LogP contribution in [0.15, 0.2) is 66.0 Å². The predicted molar refractivity (Wildman–Crippen MR) is 91.6 cm³/mol. The molecule has 2 aromatic carbocycles. The number of carbonyl (C=O) groups excluding carboxylic acids is 1. The van der Waals surface area contributed by atoms with E-state index in [4.69, 9.17) is 24.2 Å². The molecule has 1 aliphatic rings. The Kier molecular flexibility index (Phi) is 2.70. The third-order valence-electron chi connectivity index (χ3n) is 3.07. The first-order valence-corrected chi connectivity index (χ1v) is 8.64. The van der Waals surface area contributed by atoms with Crippen molar-refractivity contribution in [1.29, 1.82) is 0 Å². The van der Waals surface area contributed by atoms with Crippen molar-refractivity contribution in [3.8, 4) is 0 Å². The number of hydrogen-bond donors (Lipinski definition) is 1. The Morgan fingerprint density at radius 1 is 1.14 bits per heavy atom. The fraction of sp³-hybridized carbons (Fsp3) is 0.167. The largest absolute Gasteiger partial charge is 0.460 e. The molecule has 0 saturated heterocycles. The van der Waals surface area contributed by atoms with Crippen molar-refractivity contribution >= 4 is 15.9 Å². The SMILES string of the molecule is [2H]c1c([2H])c([2H])c(CS(=O)(=O)OC2=C(N)O[C@@]([2H])(c3c([2H])c([2H])c(C(F)(F)F)c([2H])c3[2H])C2=O)c([2H])c1[2H]. The zero-order valence-corrected chi connectivity index (χ0v) is 14.2.